The fraction of sp³-hybridized carbons (Fsp3) is 0.267. The highest BCUT2D eigenvalue weighted by Crippen LogP contribution is 2.23. The third-order valence-electron chi connectivity index (χ3n) is 3.28. The van der Waals surface area contributed by atoms with Gasteiger partial charge in [0, 0.05) is 16.4 Å². The van der Waals surface area contributed by atoms with Crippen molar-refractivity contribution in [2.45, 2.75) is 26.3 Å². The highest BCUT2D eigenvalue weighted by molar-refractivity contribution is 6.30. The third-order valence-corrected chi connectivity index (χ3v) is 3.52. The van der Waals surface area contributed by atoms with E-state index in [1.165, 1.54) is 6.07 Å². The smallest absolute Gasteiger partial charge is 0.127 e. The van der Waals surface area contributed by atoms with E-state index in [4.69, 9.17) is 17.4 Å². The largest absolute Gasteiger partial charge is 0.271 e. The van der Waals surface area contributed by atoms with Crippen molar-refractivity contribution >= 4 is 11.6 Å². The Kier molecular flexibility index (Phi) is 4.70. The number of halogens is 2. The standard InChI is InChI=1S/C15H17ClFN3/c1-9-3-6-13(10(2)19-9)15(20-18)7-11-4-5-12(16)8-14(11)17/h3-6,8,15,20H,7,18H2,1-2H3. The second kappa shape index (κ2) is 6.31. The predicted molar refractivity (Wildman–Crippen MR) is 78.9 cm³/mol. The van der Waals surface area contributed by atoms with Gasteiger partial charge in [0.2, 0.25) is 0 Å². The molecule has 0 spiro atoms. The Balaban J connectivity index is 2.28. The van der Waals surface area contributed by atoms with Crippen molar-refractivity contribution in [3.05, 3.63) is 63.7 Å². The Labute approximate surface area is 122 Å². The van der Waals surface area contributed by atoms with Crippen LogP contribution in [-0.4, -0.2) is 4.98 Å². The summed E-state index contributed by atoms with van der Waals surface area (Å²) in [5, 5.41) is 0.386. The third kappa shape index (κ3) is 3.33. The molecule has 1 aromatic heterocycles. The molecule has 0 bridgehead atoms. The molecule has 20 heavy (non-hydrogen) atoms. The first-order valence-electron chi connectivity index (χ1n) is 6.35. The van der Waals surface area contributed by atoms with Gasteiger partial charge in [-0.05, 0) is 49.6 Å². The number of aromatic nitrogens is 1. The quantitative estimate of drug-likeness (QED) is 0.672. The molecule has 0 radical (unpaired) electrons. The molecule has 1 aromatic carbocycles. The number of hydrazine groups is 1. The lowest BCUT2D eigenvalue weighted by Crippen LogP contribution is -2.30. The molecule has 0 aliphatic heterocycles. The van der Waals surface area contributed by atoms with Gasteiger partial charge in [-0.2, -0.15) is 0 Å². The van der Waals surface area contributed by atoms with Crippen LogP contribution in [0.15, 0.2) is 30.3 Å². The number of hydrogen-bond acceptors (Lipinski definition) is 3. The van der Waals surface area contributed by atoms with Crippen molar-refractivity contribution in [3.63, 3.8) is 0 Å². The lowest BCUT2D eigenvalue weighted by molar-refractivity contribution is 0.525. The number of nitrogens with one attached hydrogen (secondary N) is 1. The van der Waals surface area contributed by atoms with Crippen molar-refractivity contribution in [2.24, 2.45) is 5.84 Å². The maximum Gasteiger partial charge on any atom is 0.127 e. The summed E-state index contributed by atoms with van der Waals surface area (Å²) in [6, 6.07) is 8.36. The van der Waals surface area contributed by atoms with Crippen LogP contribution in [0.2, 0.25) is 5.02 Å². The molecular weight excluding hydrogens is 277 g/mol. The van der Waals surface area contributed by atoms with E-state index in [0.29, 0.717) is 17.0 Å². The summed E-state index contributed by atoms with van der Waals surface area (Å²) in [6.07, 6.45) is 0.436. The molecule has 0 saturated heterocycles. The molecule has 0 amide bonds. The van der Waals surface area contributed by atoms with Gasteiger partial charge in [-0.25, -0.2) is 4.39 Å². The number of aryl methyl sites for hydroxylation is 2. The molecule has 1 heterocycles. The van der Waals surface area contributed by atoms with E-state index in [-0.39, 0.29) is 11.9 Å². The van der Waals surface area contributed by atoms with Gasteiger partial charge in [0.1, 0.15) is 5.82 Å². The van der Waals surface area contributed by atoms with E-state index in [9.17, 15) is 4.39 Å². The zero-order chi connectivity index (χ0) is 14.7. The van der Waals surface area contributed by atoms with E-state index >= 15 is 0 Å². The van der Waals surface area contributed by atoms with Crippen molar-refractivity contribution in [1.82, 2.24) is 10.4 Å². The molecule has 3 N–H and O–H groups in total. The topological polar surface area (TPSA) is 50.9 Å². The zero-order valence-corrected chi connectivity index (χ0v) is 12.2. The molecular formula is C15H17ClFN3. The van der Waals surface area contributed by atoms with Crippen molar-refractivity contribution in [2.75, 3.05) is 0 Å². The number of nitrogens with zero attached hydrogens (tertiary/aromatic N) is 1. The zero-order valence-electron chi connectivity index (χ0n) is 11.5. The summed E-state index contributed by atoms with van der Waals surface area (Å²) < 4.78 is 13.9. The molecule has 1 unspecified atom stereocenters. The Hall–Kier alpha value is -1.49. The van der Waals surface area contributed by atoms with Crippen molar-refractivity contribution in [3.8, 4) is 0 Å². The Bertz CT molecular complexity index is 616. The van der Waals surface area contributed by atoms with Gasteiger partial charge < -0.3 is 0 Å². The van der Waals surface area contributed by atoms with Crippen LogP contribution in [0, 0.1) is 19.7 Å². The summed E-state index contributed by atoms with van der Waals surface area (Å²) in [7, 11) is 0. The van der Waals surface area contributed by atoms with Crippen LogP contribution >= 0.6 is 11.6 Å². The summed E-state index contributed by atoms with van der Waals surface area (Å²) in [6.45, 7) is 3.85. The molecule has 0 saturated carbocycles. The molecule has 106 valence electrons. The van der Waals surface area contributed by atoms with Gasteiger partial charge in [-0.15, -0.1) is 0 Å². The van der Waals surface area contributed by atoms with Crippen LogP contribution in [0.25, 0.3) is 0 Å². The van der Waals surface area contributed by atoms with Crippen LogP contribution in [0.1, 0.15) is 28.6 Å². The van der Waals surface area contributed by atoms with Crippen LogP contribution in [0.3, 0.4) is 0 Å². The van der Waals surface area contributed by atoms with E-state index in [1.807, 2.05) is 26.0 Å². The highest BCUT2D eigenvalue weighted by Gasteiger charge is 2.16. The van der Waals surface area contributed by atoms with E-state index in [2.05, 4.69) is 10.4 Å². The normalized spacial score (nSPS) is 12.4. The number of rotatable bonds is 4. The molecule has 3 nitrogen and oxygen atoms in total. The molecule has 0 aliphatic carbocycles. The van der Waals surface area contributed by atoms with E-state index in [1.54, 1.807) is 12.1 Å². The predicted octanol–water partition coefficient (Wildman–Crippen LogP) is 3.24. The number of nitrogens with two attached hydrogens (primary N) is 1. The lowest BCUT2D eigenvalue weighted by Gasteiger charge is -2.19. The number of benzene rings is 1. The van der Waals surface area contributed by atoms with Crippen LogP contribution in [-0.2, 0) is 6.42 Å². The van der Waals surface area contributed by atoms with Crippen LogP contribution in [0.4, 0.5) is 4.39 Å². The fourth-order valence-electron chi connectivity index (χ4n) is 2.23. The number of hydrogen-bond donors (Lipinski definition) is 2. The summed E-state index contributed by atoms with van der Waals surface area (Å²) in [5.41, 5.74) is 6.10. The second-order valence-corrected chi connectivity index (χ2v) is 5.22. The van der Waals surface area contributed by atoms with Gasteiger partial charge in [-0.1, -0.05) is 23.7 Å². The molecule has 5 heteroatoms. The highest BCUT2D eigenvalue weighted by atomic mass is 35.5. The maximum absolute atomic E-state index is 13.9. The first-order chi connectivity index (χ1) is 9.51. The SMILES string of the molecule is Cc1ccc(C(Cc2ccc(Cl)cc2F)NN)c(C)n1. The minimum atomic E-state index is -0.324. The maximum atomic E-state index is 13.9. The van der Waals surface area contributed by atoms with Gasteiger partial charge in [0.05, 0.1) is 6.04 Å². The second-order valence-electron chi connectivity index (χ2n) is 4.79. The Morgan fingerprint density at radius 1 is 1.30 bits per heavy atom. The van der Waals surface area contributed by atoms with Gasteiger partial charge in [0.25, 0.3) is 0 Å². The Morgan fingerprint density at radius 3 is 2.65 bits per heavy atom. The average Bonchev–Trinajstić information content (AvgIpc) is 2.39. The molecule has 0 fully saturated rings. The van der Waals surface area contributed by atoms with Crippen LogP contribution < -0.4 is 11.3 Å². The fourth-order valence-corrected chi connectivity index (χ4v) is 2.39. The van der Waals surface area contributed by atoms with Gasteiger partial charge in [-0.3, -0.25) is 16.3 Å². The number of pyridine rings is 1. The molecule has 2 rings (SSSR count). The van der Waals surface area contributed by atoms with Gasteiger partial charge >= 0.3 is 0 Å². The molecule has 0 aliphatic rings. The first kappa shape index (κ1) is 14.9. The monoisotopic (exact) mass is 293 g/mol. The summed E-state index contributed by atoms with van der Waals surface area (Å²) in [5.74, 6) is 5.29. The molecule has 1 atom stereocenters. The van der Waals surface area contributed by atoms with E-state index < -0.39 is 0 Å². The van der Waals surface area contributed by atoms with Crippen molar-refractivity contribution < 1.29 is 4.39 Å². The summed E-state index contributed by atoms with van der Waals surface area (Å²) >= 11 is 5.76. The lowest BCUT2D eigenvalue weighted by atomic mass is 9.98. The Morgan fingerprint density at radius 2 is 2.05 bits per heavy atom. The van der Waals surface area contributed by atoms with E-state index in [0.717, 1.165) is 17.0 Å². The average molecular weight is 294 g/mol. The van der Waals surface area contributed by atoms with Gasteiger partial charge in [0.15, 0.2) is 0 Å². The van der Waals surface area contributed by atoms with Crippen molar-refractivity contribution in [1.29, 1.82) is 0 Å². The first-order valence-corrected chi connectivity index (χ1v) is 6.73. The van der Waals surface area contributed by atoms with Crippen LogP contribution in [0.5, 0.6) is 0 Å². The molecule has 2 aromatic rings. The minimum Gasteiger partial charge on any atom is -0.271 e. The summed E-state index contributed by atoms with van der Waals surface area (Å²) in [4.78, 5) is 4.41. The minimum absolute atomic E-state index is 0.196.